The normalized spacial score (nSPS) is 14.3. The van der Waals surface area contributed by atoms with Gasteiger partial charge >= 0.3 is 0 Å². The van der Waals surface area contributed by atoms with Crippen molar-refractivity contribution in [2.75, 3.05) is 32.1 Å². The zero-order valence-electron chi connectivity index (χ0n) is 10.8. The third-order valence-electron chi connectivity index (χ3n) is 2.99. The van der Waals surface area contributed by atoms with Crippen molar-refractivity contribution in [3.63, 3.8) is 0 Å². The molecule has 1 fully saturated rings. The molecule has 1 aromatic rings. The Morgan fingerprint density at radius 1 is 1.39 bits per heavy atom. The zero-order valence-corrected chi connectivity index (χ0v) is 11.6. The minimum Gasteiger partial charge on any atom is -0.379 e. The van der Waals surface area contributed by atoms with Crippen LogP contribution in [0, 0.1) is 5.92 Å². The van der Waals surface area contributed by atoms with Crippen LogP contribution in [0.15, 0.2) is 30.3 Å². The van der Waals surface area contributed by atoms with Gasteiger partial charge in [-0.25, -0.2) is 0 Å². The highest BCUT2D eigenvalue weighted by Gasteiger charge is 2.21. The Morgan fingerprint density at radius 3 is 2.78 bits per heavy atom. The third-order valence-corrected chi connectivity index (χ3v) is 3.41. The average molecular weight is 264 g/mol. The Bertz CT molecular complexity index is 379. The van der Waals surface area contributed by atoms with E-state index in [-0.39, 0.29) is 0 Å². The van der Waals surface area contributed by atoms with Crippen molar-refractivity contribution in [1.29, 1.82) is 0 Å². The topological polar surface area (TPSA) is 24.5 Å². The SMILES string of the molecule is CN(CCOCC1CC1)C(=S)Nc1ccccc1. The Labute approximate surface area is 114 Å². The van der Waals surface area contributed by atoms with Gasteiger partial charge in [0.2, 0.25) is 0 Å². The van der Waals surface area contributed by atoms with Gasteiger partial charge in [0.15, 0.2) is 5.11 Å². The smallest absolute Gasteiger partial charge is 0.173 e. The maximum Gasteiger partial charge on any atom is 0.173 e. The summed E-state index contributed by atoms with van der Waals surface area (Å²) in [4.78, 5) is 2.01. The van der Waals surface area contributed by atoms with Crippen molar-refractivity contribution in [1.82, 2.24) is 4.90 Å². The van der Waals surface area contributed by atoms with Crippen molar-refractivity contribution >= 4 is 23.0 Å². The molecule has 0 bridgehead atoms. The van der Waals surface area contributed by atoms with Crippen LogP contribution >= 0.6 is 12.2 Å². The third kappa shape index (κ3) is 4.63. The molecule has 1 saturated carbocycles. The van der Waals surface area contributed by atoms with Crippen LogP contribution in [0.5, 0.6) is 0 Å². The lowest BCUT2D eigenvalue weighted by molar-refractivity contribution is 0.116. The van der Waals surface area contributed by atoms with Gasteiger partial charge in [0, 0.05) is 25.9 Å². The molecule has 0 radical (unpaired) electrons. The molecule has 0 spiro atoms. The van der Waals surface area contributed by atoms with Gasteiger partial charge in [0.1, 0.15) is 0 Å². The molecule has 0 atom stereocenters. The summed E-state index contributed by atoms with van der Waals surface area (Å²) in [6.07, 6.45) is 2.67. The van der Waals surface area contributed by atoms with Crippen LogP contribution in [0.2, 0.25) is 0 Å². The van der Waals surface area contributed by atoms with Gasteiger partial charge in [0.05, 0.1) is 6.61 Å². The van der Waals surface area contributed by atoms with Crippen LogP contribution in [-0.4, -0.2) is 36.8 Å². The number of hydrogen-bond donors (Lipinski definition) is 1. The fraction of sp³-hybridized carbons (Fsp3) is 0.500. The largest absolute Gasteiger partial charge is 0.379 e. The van der Waals surface area contributed by atoms with Crippen molar-refractivity contribution in [2.45, 2.75) is 12.8 Å². The lowest BCUT2D eigenvalue weighted by atomic mass is 10.3. The van der Waals surface area contributed by atoms with Crippen LogP contribution < -0.4 is 5.32 Å². The number of benzene rings is 1. The highest BCUT2D eigenvalue weighted by atomic mass is 32.1. The summed E-state index contributed by atoms with van der Waals surface area (Å²) >= 11 is 5.33. The van der Waals surface area contributed by atoms with E-state index in [4.69, 9.17) is 17.0 Å². The van der Waals surface area contributed by atoms with E-state index in [2.05, 4.69) is 5.32 Å². The van der Waals surface area contributed by atoms with Crippen molar-refractivity contribution in [3.05, 3.63) is 30.3 Å². The Balaban J connectivity index is 1.64. The molecule has 3 nitrogen and oxygen atoms in total. The van der Waals surface area contributed by atoms with Gasteiger partial charge in [0.25, 0.3) is 0 Å². The first kappa shape index (κ1) is 13.3. The zero-order chi connectivity index (χ0) is 12.8. The molecule has 1 aromatic carbocycles. The highest BCUT2D eigenvalue weighted by molar-refractivity contribution is 7.80. The first-order valence-electron chi connectivity index (χ1n) is 6.40. The van der Waals surface area contributed by atoms with E-state index in [1.165, 1.54) is 12.8 Å². The lowest BCUT2D eigenvalue weighted by Gasteiger charge is -2.21. The second kappa shape index (κ2) is 6.71. The minimum atomic E-state index is 0.733. The van der Waals surface area contributed by atoms with E-state index < -0.39 is 0 Å². The fourth-order valence-electron chi connectivity index (χ4n) is 1.58. The predicted octanol–water partition coefficient (Wildman–Crippen LogP) is 2.74. The van der Waals surface area contributed by atoms with Gasteiger partial charge < -0.3 is 15.0 Å². The maximum atomic E-state index is 5.60. The molecule has 0 unspecified atom stereocenters. The lowest BCUT2D eigenvalue weighted by Crippen LogP contribution is -2.33. The molecule has 1 N–H and O–H groups in total. The number of ether oxygens (including phenoxy) is 1. The molecular weight excluding hydrogens is 244 g/mol. The van der Waals surface area contributed by atoms with Gasteiger partial charge in [-0.05, 0) is 43.1 Å². The van der Waals surface area contributed by atoms with Crippen LogP contribution in [0.3, 0.4) is 0 Å². The van der Waals surface area contributed by atoms with Gasteiger partial charge in [-0.3, -0.25) is 0 Å². The number of thiocarbonyl (C=S) groups is 1. The second-order valence-corrected chi connectivity index (χ2v) is 5.12. The molecule has 0 aliphatic heterocycles. The first-order valence-corrected chi connectivity index (χ1v) is 6.81. The van der Waals surface area contributed by atoms with Crippen LogP contribution in [-0.2, 0) is 4.74 Å². The maximum absolute atomic E-state index is 5.60. The molecule has 0 saturated heterocycles. The second-order valence-electron chi connectivity index (χ2n) is 4.74. The summed E-state index contributed by atoms with van der Waals surface area (Å²) in [6.45, 7) is 2.47. The van der Waals surface area contributed by atoms with Crippen molar-refractivity contribution < 1.29 is 4.74 Å². The Hall–Kier alpha value is -1.13. The molecule has 4 heteroatoms. The van der Waals surface area contributed by atoms with E-state index in [0.717, 1.165) is 36.5 Å². The number of nitrogens with zero attached hydrogens (tertiary/aromatic N) is 1. The summed E-state index contributed by atoms with van der Waals surface area (Å²) in [5.74, 6) is 0.824. The number of rotatable bonds is 6. The quantitative estimate of drug-likeness (QED) is 0.631. The monoisotopic (exact) mass is 264 g/mol. The van der Waals surface area contributed by atoms with E-state index in [9.17, 15) is 0 Å². The summed E-state index contributed by atoms with van der Waals surface area (Å²) in [5, 5.41) is 3.94. The van der Waals surface area contributed by atoms with Crippen molar-refractivity contribution in [2.24, 2.45) is 5.92 Å². The molecule has 1 aliphatic carbocycles. The molecular formula is C14H20N2OS. The van der Waals surface area contributed by atoms with Gasteiger partial charge in [-0.15, -0.1) is 0 Å². The summed E-state index contributed by atoms with van der Waals surface area (Å²) in [7, 11) is 1.98. The number of para-hydroxylation sites is 1. The van der Waals surface area contributed by atoms with Crippen LogP contribution in [0.1, 0.15) is 12.8 Å². The van der Waals surface area contributed by atoms with Gasteiger partial charge in [-0.1, -0.05) is 18.2 Å². The predicted molar refractivity (Wildman–Crippen MR) is 78.8 cm³/mol. The number of nitrogens with one attached hydrogen (secondary N) is 1. The minimum absolute atomic E-state index is 0.733. The highest BCUT2D eigenvalue weighted by Crippen LogP contribution is 2.28. The van der Waals surface area contributed by atoms with E-state index in [0.29, 0.717) is 0 Å². The summed E-state index contributed by atoms with van der Waals surface area (Å²) in [6, 6.07) is 9.98. The number of hydrogen-bond acceptors (Lipinski definition) is 2. The van der Waals surface area contributed by atoms with E-state index in [1.807, 2.05) is 42.3 Å². The number of likely N-dealkylation sites (N-methyl/N-ethyl adjacent to an activating group) is 1. The molecule has 2 rings (SSSR count). The fourth-order valence-corrected chi connectivity index (χ4v) is 1.79. The number of anilines is 1. The van der Waals surface area contributed by atoms with Crippen molar-refractivity contribution in [3.8, 4) is 0 Å². The summed E-state index contributed by atoms with van der Waals surface area (Å²) < 4.78 is 5.60. The summed E-state index contributed by atoms with van der Waals surface area (Å²) in [5.41, 5.74) is 1.02. The first-order chi connectivity index (χ1) is 8.75. The molecule has 0 aromatic heterocycles. The van der Waals surface area contributed by atoms with Crippen LogP contribution in [0.4, 0.5) is 5.69 Å². The van der Waals surface area contributed by atoms with E-state index in [1.54, 1.807) is 0 Å². The molecule has 0 heterocycles. The standard InChI is InChI=1S/C14H20N2OS/c1-16(9-10-17-11-12-7-8-12)14(18)15-13-5-3-2-4-6-13/h2-6,12H,7-11H2,1H3,(H,15,18). The molecule has 18 heavy (non-hydrogen) atoms. The van der Waals surface area contributed by atoms with Crippen LogP contribution in [0.25, 0.3) is 0 Å². The Morgan fingerprint density at radius 2 is 2.11 bits per heavy atom. The molecule has 98 valence electrons. The van der Waals surface area contributed by atoms with E-state index >= 15 is 0 Å². The molecule has 1 aliphatic rings. The average Bonchev–Trinajstić information content (AvgIpc) is 3.19. The molecule has 0 amide bonds. The van der Waals surface area contributed by atoms with Gasteiger partial charge in [-0.2, -0.15) is 0 Å². The Kier molecular flexibility index (Phi) is 4.96.